The number of rotatable bonds is 7. The molecule has 0 radical (unpaired) electrons. The van der Waals surface area contributed by atoms with E-state index in [1.54, 1.807) is 30.3 Å². The number of carbonyl (C=O) groups excluding carboxylic acids is 2. The van der Waals surface area contributed by atoms with Crippen LogP contribution < -0.4 is 20.7 Å². The molecule has 0 spiro atoms. The molecule has 0 heterocycles. The molecular weight excluding hydrogens is 469 g/mol. The summed E-state index contributed by atoms with van der Waals surface area (Å²) in [6.45, 7) is 0. The van der Waals surface area contributed by atoms with E-state index in [9.17, 15) is 32.9 Å². The number of anilines is 2. The summed E-state index contributed by atoms with van der Waals surface area (Å²) in [4.78, 5) is 36.1. The standard InChI is InChI=1S/C23H19F3N4O5/c1-35-19-11-10-17(30(33)34)13-18(19)28-22(32)29-20(14-6-3-2-4-7-14)21(31)27-16-9-5-8-15(12-16)23(24,25)26/h2-13,20H,1H3,(H,27,31)(H2,28,29,32). The van der Waals surface area contributed by atoms with E-state index in [1.807, 2.05) is 0 Å². The Morgan fingerprint density at radius 3 is 2.31 bits per heavy atom. The Bertz CT molecular complexity index is 1240. The van der Waals surface area contributed by atoms with Crippen LogP contribution in [0.3, 0.4) is 0 Å². The molecule has 0 aliphatic carbocycles. The number of amides is 3. The zero-order valence-corrected chi connectivity index (χ0v) is 18.1. The van der Waals surface area contributed by atoms with Gasteiger partial charge in [0.2, 0.25) is 0 Å². The second-order valence-electron chi connectivity index (χ2n) is 7.15. The largest absolute Gasteiger partial charge is 0.495 e. The summed E-state index contributed by atoms with van der Waals surface area (Å²) in [7, 11) is 1.31. The van der Waals surface area contributed by atoms with Gasteiger partial charge in [0.1, 0.15) is 11.8 Å². The highest BCUT2D eigenvalue weighted by Gasteiger charge is 2.31. The van der Waals surface area contributed by atoms with Gasteiger partial charge in [-0.15, -0.1) is 0 Å². The quantitative estimate of drug-likeness (QED) is 0.315. The molecule has 0 fully saturated rings. The highest BCUT2D eigenvalue weighted by atomic mass is 19.4. The van der Waals surface area contributed by atoms with Crippen molar-refractivity contribution in [1.29, 1.82) is 0 Å². The number of nitrogens with one attached hydrogen (secondary N) is 3. The normalized spacial score (nSPS) is 11.8. The van der Waals surface area contributed by atoms with Crippen LogP contribution in [0.15, 0.2) is 72.8 Å². The molecule has 3 rings (SSSR count). The lowest BCUT2D eigenvalue weighted by molar-refractivity contribution is -0.384. The number of nitro groups is 1. The number of halogens is 3. The minimum absolute atomic E-state index is 0.0238. The molecule has 3 N–H and O–H groups in total. The molecule has 0 saturated heterocycles. The number of carbonyl (C=O) groups is 2. The van der Waals surface area contributed by atoms with Gasteiger partial charge in [0.15, 0.2) is 0 Å². The SMILES string of the molecule is COc1ccc([N+](=O)[O-])cc1NC(=O)NC(C(=O)Nc1cccc(C(F)(F)F)c1)c1ccccc1. The Morgan fingerprint density at radius 2 is 1.69 bits per heavy atom. The molecule has 3 aromatic carbocycles. The summed E-state index contributed by atoms with van der Waals surface area (Å²) in [5.41, 5.74) is -1.05. The van der Waals surface area contributed by atoms with Crippen LogP contribution in [0.2, 0.25) is 0 Å². The first kappa shape index (κ1) is 25.0. The number of hydrogen-bond donors (Lipinski definition) is 3. The molecule has 3 amide bonds. The van der Waals surface area contributed by atoms with Crippen LogP contribution in [0.5, 0.6) is 5.75 Å². The Hall–Kier alpha value is -4.61. The fraction of sp³-hybridized carbons (Fsp3) is 0.130. The number of nitro benzene ring substituents is 1. The monoisotopic (exact) mass is 488 g/mol. The number of hydrogen-bond acceptors (Lipinski definition) is 5. The van der Waals surface area contributed by atoms with Crippen LogP contribution in [-0.4, -0.2) is 24.0 Å². The highest BCUT2D eigenvalue weighted by molar-refractivity contribution is 6.00. The summed E-state index contributed by atoms with van der Waals surface area (Å²) < 4.78 is 44.2. The first-order valence-corrected chi connectivity index (χ1v) is 10.0. The van der Waals surface area contributed by atoms with Crippen LogP contribution in [0.1, 0.15) is 17.2 Å². The molecule has 0 aromatic heterocycles. The predicted molar refractivity (Wildman–Crippen MR) is 121 cm³/mol. The average Bonchev–Trinajstić information content (AvgIpc) is 2.82. The van der Waals surface area contributed by atoms with E-state index in [4.69, 9.17) is 4.74 Å². The van der Waals surface area contributed by atoms with Crippen molar-refractivity contribution in [3.63, 3.8) is 0 Å². The molecule has 1 atom stereocenters. The van der Waals surface area contributed by atoms with Crippen LogP contribution in [0.25, 0.3) is 0 Å². The Balaban J connectivity index is 1.84. The van der Waals surface area contributed by atoms with E-state index in [-0.39, 0.29) is 22.8 Å². The molecule has 0 aliphatic rings. The second kappa shape index (κ2) is 10.5. The van der Waals surface area contributed by atoms with Crippen molar-refractivity contribution in [3.05, 3.63) is 94.0 Å². The lowest BCUT2D eigenvalue weighted by Gasteiger charge is -2.20. The number of nitrogens with zero attached hydrogens (tertiary/aromatic N) is 1. The van der Waals surface area contributed by atoms with Gasteiger partial charge in [0.05, 0.1) is 23.3 Å². The van der Waals surface area contributed by atoms with Gasteiger partial charge < -0.3 is 20.7 Å². The number of methoxy groups -OCH3 is 1. The summed E-state index contributed by atoms with van der Waals surface area (Å²) in [6.07, 6.45) is -4.60. The van der Waals surface area contributed by atoms with Crippen LogP contribution in [0, 0.1) is 10.1 Å². The molecule has 0 aliphatic heterocycles. The average molecular weight is 488 g/mol. The van der Waals surface area contributed by atoms with Crippen LogP contribution in [0.4, 0.5) is 35.0 Å². The van der Waals surface area contributed by atoms with Crippen LogP contribution in [-0.2, 0) is 11.0 Å². The van der Waals surface area contributed by atoms with Crippen molar-refractivity contribution in [2.75, 3.05) is 17.7 Å². The van der Waals surface area contributed by atoms with Gasteiger partial charge in [-0.05, 0) is 29.8 Å². The zero-order chi connectivity index (χ0) is 25.6. The first-order chi connectivity index (χ1) is 16.6. The van der Waals surface area contributed by atoms with E-state index in [0.717, 1.165) is 24.3 Å². The molecule has 1 unspecified atom stereocenters. The maximum atomic E-state index is 13.0. The maximum absolute atomic E-state index is 13.0. The minimum atomic E-state index is -4.60. The van der Waals surface area contributed by atoms with Crippen molar-refractivity contribution < 1.29 is 32.4 Å². The second-order valence-corrected chi connectivity index (χ2v) is 7.15. The number of ether oxygens (including phenoxy) is 1. The molecule has 0 saturated carbocycles. The van der Waals surface area contributed by atoms with Crippen LogP contribution >= 0.6 is 0 Å². The van der Waals surface area contributed by atoms with Crippen molar-refractivity contribution in [3.8, 4) is 5.75 Å². The third-order valence-electron chi connectivity index (χ3n) is 4.77. The van der Waals surface area contributed by atoms with E-state index in [1.165, 1.54) is 25.3 Å². The predicted octanol–water partition coefficient (Wildman–Crippen LogP) is 5.12. The van der Waals surface area contributed by atoms with Crippen molar-refractivity contribution in [2.24, 2.45) is 0 Å². The number of urea groups is 1. The third kappa shape index (κ3) is 6.47. The fourth-order valence-electron chi connectivity index (χ4n) is 3.13. The van der Waals surface area contributed by atoms with Gasteiger partial charge in [-0.1, -0.05) is 36.4 Å². The first-order valence-electron chi connectivity index (χ1n) is 10.0. The molecule has 35 heavy (non-hydrogen) atoms. The highest BCUT2D eigenvalue weighted by Crippen LogP contribution is 2.31. The van der Waals surface area contributed by atoms with Gasteiger partial charge in [0.25, 0.3) is 11.6 Å². The topological polar surface area (TPSA) is 123 Å². The van der Waals surface area contributed by atoms with Gasteiger partial charge >= 0.3 is 12.2 Å². The number of alkyl halides is 3. The summed E-state index contributed by atoms with van der Waals surface area (Å²) >= 11 is 0. The molecule has 182 valence electrons. The van der Waals surface area contributed by atoms with E-state index in [0.29, 0.717) is 5.56 Å². The number of non-ortho nitro benzene ring substituents is 1. The molecule has 0 bridgehead atoms. The van der Waals surface area contributed by atoms with Crippen molar-refractivity contribution >= 4 is 29.0 Å². The van der Waals surface area contributed by atoms with Gasteiger partial charge in [0, 0.05) is 17.8 Å². The minimum Gasteiger partial charge on any atom is -0.495 e. The smallest absolute Gasteiger partial charge is 0.416 e. The molecular formula is C23H19F3N4O5. The Labute approximate surface area is 197 Å². The summed E-state index contributed by atoms with van der Waals surface area (Å²) in [5, 5.41) is 18.3. The molecule has 9 nitrogen and oxygen atoms in total. The van der Waals surface area contributed by atoms with Gasteiger partial charge in [-0.25, -0.2) is 4.79 Å². The van der Waals surface area contributed by atoms with Crippen molar-refractivity contribution in [2.45, 2.75) is 12.2 Å². The number of benzene rings is 3. The third-order valence-corrected chi connectivity index (χ3v) is 4.77. The maximum Gasteiger partial charge on any atom is 0.416 e. The van der Waals surface area contributed by atoms with Gasteiger partial charge in [-0.3, -0.25) is 14.9 Å². The van der Waals surface area contributed by atoms with Gasteiger partial charge in [-0.2, -0.15) is 13.2 Å². The molecule has 3 aromatic rings. The van der Waals surface area contributed by atoms with E-state index >= 15 is 0 Å². The summed E-state index contributed by atoms with van der Waals surface area (Å²) in [6, 6.07) is 13.4. The molecule has 12 heteroatoms. The Morgan fingerprint density at radius 1 is 0.971 bits per heavy atom. The van der Waals surface area contributed by atoms with Crippen molar-refractivity contribution in [1.82, 2.24) is 5.32 Å². The lowest BCUT2D eigenvalue weighted by Crippen LogP contribution is -2.39. The zero-order valence-electron chi connectivity index (χ0n) is 18.1. The fourth-order valence-corrected chi connectivity index (χ4v) is 3.13. The van der Waals surface area contributed by atoms with E-state index < -0.39 is 34.6 Å². The Kier molecular flexibility index (Phi) is 7.54. The summed E-state index contributed by atoms with van der Waals surface area (Å²) in [5.74, 6) is -0.674. The van der Waals surface area contributed by atoms with E-state index in [2.05, 4.69) is 16.0 Å². The lowest BCUT2D eigenvalue weighted by atomic mass is 10.1.